The average Bonchev–Trinajstić information content (AvgIpc) is 2.82. The van der Waals surface area contributed by atoms with Crippen molar-refractivity contribution in [2.24, 2.45) is 0 Å². The highest BCUT2D eigenvalue weighted by Gasteiger charge is 2.11. The summed E-state index contributed by atoms with van der Waals surface area (Å²) >= 11 is 3.60. The van der Waals surface area contributed by atoms with Gasteiger partial charge in [-0.15, -0.1) is 0 Å². The van der Waals surface area contributed by atoms with Crippen LogP contribution in [0, 0.1) is 6.92 Å². The summed E-state index contributed by atoms with van der Waals surface area (Å²) in [4.78, 5) is 0. The topological polar surface area (TPSA) is 17.8 Å². The van der Waals surface area contributed by atoms with Crippen LogP contribution in [0.15, 0.2) is 65.3 Å². The Kier molecular flexibility index (Phi) is 3.22. The number of aromatic nitrogens is 2. The molecule has 94 valence electrons. The molecule has 0 aliphatic carbocycles. The van der Waals surface area contributed by atoms with E-state index in [2.05, 4.69) is 52.2 Å². The largest absolute Gasteiger partial charge is 0.237 e. The predicted molar refractivity (Wildman–Crippen MR) is 81.4 cm³/mol. The zero-order valence-electron chi connectivity index (χ0n) is 10.5. The third-order valence-electron chi connectivity index (χ3n) is 3.17. The van der Waals surface area contributed by atoms with Gasteiger partial charge < -0.3 is 0 Å². The number of hydrogen-bond donors (Lipinski definition) is 0. The summed E-state index contributed by atoms with van der Waals surface area (Å²) in [5.41, 5.74) is 4.54. The first-order chi connectivity index (χ1) is 9.27. The second kappa shape index (κ2) is 5.02. The monoisotopic (exact) mass is 312 g/mol. The lowest BCUT2D eigenvalue weighted by Gasteiger charge is -2.06. The van der Waals surface area contributed by atoms with Crippen molar-refractivity contribution in [1.29, 1.82) is 0 Å². The summed E-state index contributed by atoms with van der Waals surface area (Å²) in [6.07, 6.45) is 1.92. The van der Waals surface area contributed by atoms with E-state index < -0.39 is 0 Å². The molecule has 0 bridgehead atoms. The van der Waals surface area contributed by atoms with Gasteiger partial charge in [0.25, 0.3) is 0 Å². The highest BCUT2D eigenvalue weighted by molar-refractivity contribution is 9.10. The van der Waals surface area contributed by atoms with Crippen LogP contribution >= 0.6 is 15.9 Å². The van der Waals surface area contributed by atoms with Gasteiger partial charge in [-0.25, -0.2) is 4.68 Å². The maximum atomic E-state index is 4.50. The molecule has 0 saturated carbocycles. The Hall–Kier alpha value is -1.87. The smallest absolute Gasteiger partial charge is 0.0648 e. The molecule has 2 nitrogen and oxygen atoms in total. The number of para-hydroxylation sites is 1. The minimum atomic E-state index is 1.08. The molecule has 0 saturated heterocycles. The lowest BCUT2D eigenvalue weighted by Crippen LogP contribution is -1.98. The third-order valence-corrected chi connectivity index (χ3v) is 3.87. The molecular weight excluding hydrogens is 300 g/mol. The zero-order chi connectivity index (χ0) is 13.2. The van der Waals surface area contributed by atoms with Gasteiger partial charge in [-0.1, -0.05) is 52.3 Å². The molecule has 0 spiro atoms. The molecule has 1 heterocycles. The molecule has 0 aliphatic rings. The van der Waals surface area contributed by atoms with Crippen LogP contribution in [0.4, 0.5) is 0 Å². The van der Waals surface area contributed by atoms with Crippen LogP contribution in [0.3, 0.4) is 0 Å². The van der Waals surface area contributed by atoms with Gasteiger partial charge in [0.15, 0.2) is 0 Å². The van der Waals surface area contributed by atoms with Crippen molar-refractivity contribution in [3.8, 4) is 16.8 Å². The van der Waals surface area contributed by atoms with E-state index in [1.54, 1.807) is 0 Å². The fourth-order valence-corrected chi connectivity index (χ4v) is 2.68. The van der Waals surface area contributed by atoms with Crippen LogP contribution in [0.2, 0.25) is 0 Å². The molecule has 0 fully saturated rings. The highest BCUT2D eigenvalue weighted by Crippen LogP contribution is 2.30. The van der Waals surface area contributed by atoms with Crippen molar-refractivity contribution < 1.29 is 0 Å². The van der Waals surface area contributed by atoms with Crippen molar-refractivity contribution in [2.75, 3.05) is 0 Å². The maximum Gasteiger partial charge on any atom is 0.0648 e. The Labute approximate surface area is 120 Å². The highest BCUT2D eigenvalue weighted by atomic mass is 79.9. The predicted octanol–water partition coefficient (Wildman–Crippen LogP) is 4.61. The summed E-state index contributed by atoms with van der Waals surface area (Å²) in [6, 6.07) is 18.4. The lowest BCUT2D eigenvalue weighted by molar-refractivity contribution is 0.847. The van der Waals surface area contributed by atoms with E-state index >= 15 is 0 Å². The Morgan fingerprint density at radius 1 is 0.895 bits per heavy atom. The SMILES string of the molecule is Cc1c(-c2ccccc2Br)cnn1-c1ccccc1. The minimum absolute atomic E-state index is 1.08. The summed E-state index contributed by atoms with van der Waals surface area (Å²) in [5.74, 6) is 0. The molecular formula is C16H13BrN2. The first kappa shape index (κ1) is 12.2. The number of benzene rings is 2. The molecule has 3 heteroatoms. The Morgan fingerprint density at radius 2 is 1.58 bits per heavy atom. The van der Waals surface area contributed by atoms with E-state index in [9.17, 15) is 0 Å². The van der Waals surface area contributed by atoms with Gasteiger partial charge >= 0.3 is 0 Å². The van der Waals surface area contributed by atoms with Crippen LogP contribution < -0.4 is 0 Å². The van der Waals surface area contributed by atoms with Crippen molar-refractivity contribution in [1.82, 2.24) is 9.78 Å². The maximum absolute atomic E-state index is 4.50. The second-order valence-corrected chi connectivity index (χ2v) is 5.23. The van der Waals surface area contributed by atoms with Gasteiger partial charge in [0.1, 0.15) is 0 Å². The van der Waals surface area contributed by atoms with Crippen molar-refractivity contribution in [2.45, 2.75) is 6.92 Å². The summed E-state index contributed by atoms with van der Waals surface area (Å²) < 4.78 is 3.06. The summed E-state index contributed by atoms with van der Waals surface area (Å²) in [7, 11) is 0. The van der Waals surface area contributed by atoms with E-state index in [4.69, 9.17) is 0 Å². The molecule has 0 unspecified atom stereocenters. The third kappa shape index (κ3) is 2.22. The Bertz CT molecular complexity index is 702. The normalized spacial score (nSPS) is 10.6. The van der Waals surface area contributed by atoms with Gasteiger partial charge in [-0.2, -0.15) is 5.10 Å². The molecule has 2 aromatic carbocycles. The van der Waals surface area contributed by atoms with E-state index in [1.165, 1.54) is 5.56 Å². The lowest BCUT2D eigenvalue weighted by atomic mass is 10.1. The van der Waals surface area contributed by atoms with Gasteiger partial charge in [0, 0.05) is 15.7 Å². The molecule has 3 aromatic rings. The molecule has 0 atom stereocenters. The summed E-state index contributed by atoms with van der Waals surface area (Å²) in [5, 5.41) is 4.50. The van der Waals surface area contributed by atoms with E-state index in [1.807, 2.05) is 41.2 Å². The number of halogens is 1. The minimum Gasteiger partial charge on any atom is -0.237 e. The van der Waals surface area contributed by atoms with Crippen molar-refractivity contribution in [3.05, 3.63) is 71.0 Å². The van der Waals surface area contributed by atoms with Gasteiger partial charge in [0.05, 0.1) is 11.9 Å². The standard InChI is InChI=1S/C16H13BrN2/c1-12-15(14-9-5-6-10-16(14)17)11-18-19(12)13-7-3-2-4-8-13/h2-11H,1H3. The van der Waals surface area contributed by atoms with Crippen LogP contribution in [0.1, 0.15) is 5.69 Å². The molecule has 19 heavy (non-hydrogen) atoms. The van der Waals surface area contributed by atoms with E-state index in [0.717, 1.165) is 21.4 Å². The zero-order valence-corrected chi connectivity index (χ0v) is 12.1. The molecule has 0 N–H and O–H groups in total. The fraction of sp³-hybridized carbons (Fsp3) is 0.0625. The second-order valence-electron chi connectivity index (χ2n) is 4.37. The van der Waals surface area contributed by atoms with E-state index in [-0.39, 0.29) is 0 Å². The van der Waals surface area contributed by atoms with Crippen LogP contribution in [-0.4, -0.2) is 9.78 Å². The van der Waals surface area contributed by atoms with Crippen LogP contribution in [0.5, 0.6) is 0 Å². The number of nitrogens with zero attached hydrogens (tertiary/aromatic N) is 2. The van der Waals surface area contributed by atoms with Crippen molar-refractivity contribution in [3.63, 3.8) is 0 Å². The molecule has 3 rings (SSSR count). The Balaban J connectivity index is 2.12. The first-order valence-corrected chi connectivity index (χ1v) is 6.91. The van der Waals surface area contributed by atoms with Crippen LogP contribution in [-0.2, 0) is 0 Å². The van der Waals surface area contributed by atoms with E-state index in [0.29, 0.717) is 0 Å². The van der Waals surface area contributed by atoms with Gasteiger partial charge in [-0.05, 0) is 30.7 Å². The van der Waals surface area contributed by atoms with Gasteiger partial charge in [-0.3, -0.25) is 0 Å². The number of hydrogen-bond acceptors (Lipinski definition) is 1. The van der Waals surface area contributed by atoms with Gasteiger partial charge in [0.2, 0.25) is 0 Å². The molecule has 0 amide bonds. The quantitative estimate of drug-likeness (QED) is 0.675. The molecule has 0 aliphatic heterocycles. The molecule has 0 radical (unpaired) electrons. The first-order valence-electron chi connectivity index (χ1n) is 6.12. The average molecular weight is 313 g/mol. The van der Waals surface area contributed by atoms with Crippen molar-refractivity contribution >= 4 is 15.9 Å². The number of rotatable bonds is 2. The fourth-order valence-electron chi connectivity index (χ4n) is 2.18. The molecule has 1 aromatic heterocycles. The summed E-state index contributed by atoms with van der Waals surface area (Å²) in [6.45, 7) is 2.09. The Morgan fingerprint density at radius 3 is 2.32 bits per heavy atom. The van der Waals surface area contributed by atoms with Crippen LogP contribution in [0.25, 0.3) is 16.8 Å².